The second-order valence-corrected chi connectivity index (χ2v) is 41.4. The highest BCUT2D eigenvalue weighted by molar-refractivity contribution is 7.48. The Kier molecular flexibility index (Phi) is 28.6. The summed E-state index contributed by atoms with van der Waals surface area (Å²) < 4.78 is 203. The fourth-order valence-corrected chi connectivity index (χ4v) is 22.5. The minimum Gasteiger partial charge on any atom is -0.394 e. The molecule has 7 aliphatic heterocycles. The van der Waals surface area contributed by atoms with Gasteiger partial charge in [0.25, 0.3) is 22.2 Å². The summed E-state index contributed by atoms with van der Waals surface area (Å²) in [4.78, 5) is 213. The number of nitrogen functional groups attached to an aromatic ring is 5. The number of aromatic amines is 4. The van der Waals surface area contributed by atoms with E-state index in [4.69, 9.17) is 116 Å². The number of phosphoric ester groups is 6. The van der Waals surface area contributed by atoms with Crippen molar-refractivity contribution in [3.8, 4) is 0 Å². The first kappa shape index (κ1) is 101. The summed E-state index contributed by atoms with van der Waals surface area (Å²) >= 11 is 0. The van der Waals surface area contributed by atoms with Crippen molar-refractivity contribution in [2.24, 2.45) is 0 Å². The van der Waals surface area contributed by atoms with Crippen LogP contribution in [0.4, 0.5) is 29.4 Å². The number of phosphoric acid groups is 6. The van der Waals surface area contributed by atoms with Gasteiger partial charge in [-0.15, -0.1) is 0 Å². The molecule has 6 unspecified atom stereocenters. The number of aliphatic hydroxyl groups is 2. The number of nitrogens with zero attached hydrogens (tertiary/aromatic N) is 18. The van der Waals surface area contributed by atoms with Crippen LogP contribution in [0.3, 0.4) is 0 Å². The van der Waals surface area contributed by atoms with E-state index in [9.17, 15) is 101 Å². The average Bonchev–Trinajstić information content (AvgIpc) is 1.61. The Labute approximate surface area is 788 Å². The number of aromatic nitrogens is 22. The third-order valence-corrected chi connectivity index (χ3v) is 29.6. The third-order valence-electron chi connectivity index (χ3n) is 23.5. The largest absolute Gasteiger partial charge is 0.472 e. The minimum atomic E-state index is -5.75. The summed E-state index contributed by atoms with van der Waals surface area (Å²) in [5, 5.41) is 21.4. The van der Waals surface area contributed by atoms with E-state index in [0.29, 0.717) is 0 Å². The van der Waals surface area contributed by atoms with Crippen molar-refractivity contribution in [3.63, 3.8) is 0 Å². The summed E-state index contributed by atoms with van der Waals surface area (Å²) in [6.45, 7) is -4.61. The van der Waals surface area contributed by atoms with E-state index in [1.807, 2.05) is 0 Å². The lowest BCUT2D eigenvalue weighted by atomic mass is 10.2. The number of aryl methyl sites for hydroxylation is 2. The summed E-state index contributed by atoms with van der Waals surface area (Å²) in [7, 11) is -33.3. The molecule has 11 aromatic rings. The lowest BCUT2D eigenvalue weighted by Crippen LogP contribution is -2.33. The Morgan fingerprint density at radius 3 is 0.986 bits per heavy atom. The minimum absolute atomic E-state index is 0.0216. The van der Waals surface area contributed by atoms with Crippen LogP contribution >= 0.6 is 46.9 Å². The van der Waals surface area contributed by atoms with Gasteiger partial charge in [0, 0.05) is 74.7 Å². The van der Waals surface area contributed by atoms with Crippen molar-refractivity contribution in [2.75, 3.05) is 74.9 Å². The predicted octanol–water partition coefficient (Wildman–Crippen LogP) is -2.80. The van der Waals surface area contributed by atoms with Crippen LogP contribution in [0.5, 0.6) is 0 Å². The maximum Gasteiger partial charge on any atom is 0.472 e. The smallest absolute Gasteiger partial charge is 0.394 e. The van der Waals surface area contributed by atoms with Gasteiger partial charge in [0.1, 0.15) is 152 Å². The molecule has 142 heavy (non-hydrogen) atoms. The molecule has 67 nitrogen and oxygen atoms in total. The van der Waals surface area contributed by atoms with Gasteiger partial charge in [-0.3, -0.25) is 125 Å². The molecular weight excluding hydrogens is 2030 g/mol. The predicted molar refractivity (Wildman–Crippen MR) is 466 cm³/mol. The first-order valence-electron chi connectivity index (χ1n) is 42.4. The average molecular weight is 2120 g/mol. The molecule has 0 amide bonds. The zero-order valence-electron chi connectivity index (χ0n) is 73.1. The number of nitrogens with one attached hydrogen (secondary N) is 4. The molecule has 768 valence electrons. The van der Waals surface area contributed by atoms with E-state index in [-0.39, 0.29) is 98.0 Å². The van der Waals surface area contributed by atoms with Crippen LogP contribution in [0, 0.1) is 13.8 Å². The van der Waals surface area contributed by atoms with Crippen LogP contribution in [0.2, 0.25) is 0 Å². The number of imidazole rings is 4. The van der Waals surface area contributed by atoms with Crippen LogP contribution in [-0.2, 0) is 115 Å². The number of fused-ring (bicyclic) bond motifs is 4. The number of hydrogen-bond acceptors (Lipinski definition) is 50. The molecule has 7 aliphatic rings. The van der Waals surface area contributed by atoms with Crippen LogP contribution in [0.1, 0.15) is 99.7 Å². The van der Waals surface area contributed by atoms with Crippen LogP contribution in [0.25, 0.3) is 44.7 Å². The number of nitrogens with two attached hydrogens (primary N) is 5. The van der Waals surface area contributed by atoms with Crippen molar-refractivity contribution >= 4 is 121 Å². The Hall–Kier alpha value is -10.7. The Morgan fingerprint density at radius 1 is 0.359 bits per heavy atom. The van der Waals surface area contributed by atoms with E-state index in [1.54, 1.807) is 0 Å². The molecule has 0 radical (unpaired) electrons. The zero-order valence-corrected chi connectivity index (χ0v) is 78.4. The summed E-state index contributed by atoms with van der Waals surface area (Å²) in [6, 6.07) is 1.19. The molecule has 0 aromatic carbocycles. The molecule has 0 bridgehead atoms. The second-order valence-electron chi connectivity index (χ2n) is 33.0. The molecule has 11 aromatic heterocycles. The van der Waals surface area contributed by atoms with Gasteiger partial charge in [-0.25, -0.2) is 81.6 Å². The van der Waals surface area contributed by atoms with Gasteiger partial charge in [-0.05, 0) is 19.9 Å². The fraction of sp³-hybridized carbons (Fsp3) is 0.536. The number of aliphatic hydroxyl groups excluding tert-OH is 2. The van der Waals surface area contributed by atoms with Crippen molar-refractivity contribution in [1.82, 2.24) is 107 Å². The SMILES string of the molecule is Cc1cn([C@H]2C[C@H](OP(=O)(O)OC[C@H]3O[C@@H](n4ccc(N)nc4=O)C[C@@H]3OP(=O)(O)OC[C@H]3O[C@@H](n4cnc5c(=O)[nH]c(N)nc54)C[C@@H]3O)[C@@H](COP(=O)(O)O[C@H]3C[C@H](n4cc(C)c(=O)[nH]c4=O)O[C@@H]3COP(=O)(O)O[C@H]3C[C@H](n4cnc5c(N)ncnc54)O[C@@H]3COP(=O)(O)O[C@H]3C[C@H](n4cnc5c(N)ncnc54)O[C@@H]3COP(=O)(O)O[C@H]3C[C@H](n4cnc5c(=O)[nH]c(N)nc54)O[C@@H]3CO)O2)c(=O)[nH]c1=O. The first-order valence-corrected chi connectivity index (χ1v) is 51.3. The number of rotatable bonds is 38. The standard InChI is InChI=1S/C69H87N27O40P6/c1-27-12-91(68(104)88-61(27)99)46-8-32(133-139(110,111)120-16-38-31(7-45(126-38)90-4-3-43(70)83-67(90)103)132-137(106,107)118-15-37-29(98)5-44(125-37)95-25-81-53-59(95)84-65(73)86-63(53)101)39(127-46)17-121-140(112,113)134-33-9-47(92-13-28(2)62(100)89-69(92)105)128-40(33)18-122-141(114,115)135-35-11-49(94-24-80-52-56(72)76-22-78-58(52)94)130-42(35)20-123-142(116,117)136-34-10-48(93-23-79-51-55(71)75-21-77-57(51)93)129-41(34)19-119-138(108,109)131-30-6-50(124-36(30)14-97)96-26-82-54-60(96)85-66(74)87-64(54)102/h3-4,12-13,21-26,29-42,44-50,97-98H,5-11,14-20H2,1-2H3,(H,106,107)(H,108,109)(H,110,111)(H,112,113)(H,114,115)(H,116,117)(H2,70,83,103)(H2,71,75,77)(H2,72,76,78)(H,88,99,104)(H,89,100,105)(H3,73,84,86,101)(H3,74,85,87,102)/t29-,30-,31-,32-,33-,34-,35-,36+,37+,38+,39+,40+,41+,42+,44+,45+,46+,47+,48+,49+,50+/m0/s1. The molecule has 0 aliphatic carbocycles. The van der Waals surface area contributed by atoms with Crippen molar-refractivity contribution in [3.05, 3.63) is 147 Å². The molecular formula is C69H87N27O40P6. The molecule has 7 saturated heterocycles. The maximum atomic E-state index is 14.6. The third kappa shape index (κ3) is 22.1. The Balaban J connectivity index is 0.550. The van der Waals surface area contributed by atoms with Gasteiger partial charge in [0.15, 0.2) is 45.3 Å². The molecule has 0 spiro atoms. The highest BCUT2D eigenvalue weighted by Crippen LogP contribution is 2.58. The lowest BCUT2D eigenvalue weighted by Gasteiger charge is -2.26. The number of anilines is 5. The first-order chi connectivity index (χ1) is 67.2. The molecule has 18 heterocycles. The Bertz CT molecular complexity index is 7400. The molecule has 7 fully saturated rings. The number of ether oxygens (including phenoxy) is 7. The van der Waals surface area contributed by atoms with Crippen LogP contribution in [-0.4, -0.2) is 278 Å². The molecule has 18 rings (SSSR count). The summed E-state index contributed by atoms with van der Waals surface area (Å²) in [5.74, 6) is -0.932. The van der Waals surface area contributed by atoms with Gasteiger partial charge in [-0.2, -0.15) is 15.0 Å². The van der Waals surface area contributed by atoms with Gasteiger partial charge in [0.2, 0.25) is 11.9 Å². The summed E-state index contributed by atoms with van der Waals surface area (Å²) in [5.41, 5.74) is 22.9. The van der Waals surface area contributed by atoms with Crippen LogP contribution in [0.15, 0.2) is 96.2 Å². The van der Waals surface area contributed by atoms with E-state index in [0.717, 1.165) is 44.9 Å². The van der Waals surface area contributed by atoms with E-state index in [1.165, 1.54) is 63.5 Å². The number of hydrogen-bond donors (Lipinski definition) is 17. The maximum absolute atomic E-state index is 14.6. The lowest BCUT2D eigenvalue weighted by molar-refractivity contribution is -0.0655. The highest BCUT2D eigenvalue weighted by atomic mass is 31.2. The molecule has 27 atom stereocenters. The van der Waals surface area contributed by atoms with Gasteiger partial charge >= 0.3 is 64.0 Å². The second kappa shape index (κ2) is 40.0. The number of H-pyrrole nitrogens is 4. The van der Waals surface area contributed by atoms with E-state index >= 15 is 0 Å². The molecule has 0 saturated carbocycles. The summed E-state index contributed by atoms with van der Waals surface area (Å²) in [6.07, 6.45) is -25.7. The van der Waals surface area contributed by atoms with E-state index in [2.05, 4.69) is 74.8 Å². The van der Waals surface area contributed by atoms with E-state index < -0.39 is 294 Å². The van der Waals surface area contributed by atoms with Gasteiger partial charge in [-0.1, -0.05) is 0 Å². The molecule has 73 heteroatoms. The fourth-order valence-electron chi connectivity index (χ4n) is 16.8. The topological polar surface area (TPSA) is 929 Å². The monoisotopic (exact) mass is 2120 g/mol. The van der Waals surface area contributed by atoms with Crippen molar-refractivity contribution in [2.45, 2.75) is 188 Å². The zero-order chi connectivity index (χ0) is 101. The van der Waals surface area contributed by atoms with Crippen molar-refractivity contribution < 1.29 is 154 Å². The highest BCUT2D eigenvalue weighted by Gasteiger charge is 2.53. The van der Waals surface area contributed by atoms with Gasteiger partial charge in [0.05, 0.1) is 77.7 Å². The van der Waals surface area contributed by atoms with Crippen molar-refractivity contribution in [1.29, 1.82) is 0 Å². The van der Waals surface area contributed by atoms with Crippen LogP contribution < -0.4 is 68.0 Å². The normalized spacial score (nSPS) is 29.5. The van der Waals surface area contributed by atoms with Gasteiger partial charge < -0.3 is 101 Å². The molecule has 22 N–H and O–H groups in total. The quantitative estimate of drug-likeness (QED) is 0.0174. The Morgan fingerprint density at radius 2 is 0.648 bits per heavy atom.